The molecule has 0 spiro atoms. The SMILES string of the molecule is CCN(CC(=O)Nc1ccccc1)Cc1cc(Br)ccc1F. The Morgan fingerprint density at radius 2 is 1.95 bits per heavy atom. The molecule has 0 aromatic heterocycles. The molecule has 5 heteroatoms. The van der Waals surface area contributed by atoms with E-state index in [1.165, 1.54) is 6.07 Å². The molecule has 0 heterocycles. The molecule has 0 fully saturated rings. The number of likely N-dealkylation sites (N-methyl/N-ethyl adjacent to an activating group) is 1. The summed E-state index contributed by atoms with van der Waals surface area (Å²) in [4.78, 5) is 14.0. The number of benzene rings is 2. The molecule has 3 nitrogen and oxygen atoms in total. The van der Waals surface area contributed by atoms with Gasteiger partial charge in [0.15, 0.2) is 0 Å². The Balaban J connectivity index is 1.97. The number of nitrogens with one attached hydrogen (secondary N) is 1. The van der Waals surface area contributed by atoms with Gasteiger partial charge in [-0.2, -0.15) is 0 Å². The summed E-state index contributed by atoms with van der Waals surface area (Å²) >= 11 is 3.34. The van der Waals surface area contributed by atoms with Gasteiger partial charge in [0.2, 0.25) is 5.91 Å². The monoisotopic (exact) mass is 364 g/mol. The topological polar surface area (TPSA) is 32.3 Å². The lowest BCUT2D eigenvalue weighted by Gasteiger charge is -2.20. The fraction of sp³-hybridized carbons (Fsp3) is 0.235. The molecule has 2 aromatic rings. The molecule has 2 rings (SSSR count). The lowest BCUT2D eigenvalue weighted by atomic mass is 10.2. The highest BCUT2D eigenvalue weighted by molar-refractivity contribution is 9.10. The van der Waals surface area contributed by atoms with Gasteiger partial charge in [0.1, 0.15) is 5.82 Å². The lowest BCUT2D eigenvalue weighted by Crippen LogP contribution is -2.33. The Morgan fingerprint density at radius 3 is 2.64 bits per heavy atom. The number of amides is 1. The van der Waals surface area contributed by atoms with Gasteiger partial charge in [0.25, 0.3) is 0 Å². The number of carbonyl (C=O) groups excluding carboxylic acids is 1. The molecule has 0 saturated carbocycles. The molecule has 22 heavy (non-hydrogen) atoms. The largest absolute Gasteiger partial charge is 0.325 e. The zero-order valence-corrected chi connectivity index (χ0v) is 13.9. The molecule has 0 bridgehead atoms. The molecule has 0 unspecified atom stereocenters. The third-order valence-corrected chi connectivity index (χ3v) is 3.77. The molecular weight excluding hydrogens is 347 g/mol. The summed E-state index contributed by atoms with van der Waals surface area (Å²) in [5.41, 5.74) is 1.33. The Hall–Kier alpha value is -1.72. The first-order valence-corrected chi connectivity index (χ1v) is 7.89. The van der Waals surface area contributed by atoms with Crippen LogP contribution in [-0.4, -0.2) is 23.9 Å². The molecule has 0 aliphatic rings. The van der Waals surface area contributed by atoms with Crippen molar-refractivity contribution in [2.45, 2.75) is 13.5 Å². The first-order chi connectivity index (χ1) is 10.6. The summed E-state index contributed by atoms with van der Waals surface area (Å²) in [5, 5.41) is 2.83. The van der Waals surface area contributed by atoms with E-state index in [9.17, 15) is 9.18 Å². The first kappa shape index (κ1) is 16.6. The first-order valence-electron chi connectivity index (χ1n) is 7.09. The molecule has 1 amide bonds. The van der Waals surface area contributed by atoms with Gasteiger partial charge in [-0.1, -0.05) is 41.1 Å². The van der Waals surface area contributed by atoms with E-state index in [1.54, 1.807) is 12.1 Å². The molecule has 2 aromatic carbocycles. The van der Waals surface area contributed by atoms with Crippen LogP contribution in [0.4, 0.5) is 10.1 Å². The normalized spacial score (nSPS) is 10.7. The van der Waals surface area contributed by atoms with Gasteiger partial charge >= 0.3 is 0 Å². The Morgan fingerprint density at radius 1 is 1.23 bits per heavy atom. The van der Waals surface area contributed by atoms with E-state index in [4.69, 9.17) is 0 Å². The standard InChI is InChI=1S/C17H18BrFN2O/c1-2-21(11-13-10-14(18)8-9-16(13)19)12-17(22)20-15-6-4-3-5-7-15/h3-10H,2,11-12H2,1H3,(H,20,22). The van der Waals surface area contributed by atoms with Gasteiger partial charge in [-0.25, -0.2) is 4.39 Å². The fourth-order valence-corrected chi connectivity index (χ4v) is 2.52. The molecule has 0 aliphatic carbocycles. The zero-order chi connectivity index (χ0) is 15.9. The van der Waals surface area contributed by atoms with Crippen LogP contribution in [0.5, 0.6) is 0 Å². The van der Waals surface area contributed by atoms with E-state index in [1.807, 2.05) is 42.2 Å². The van der Waals surface area contributed by atoms with E-state index in [-0.39, 0.29) is 18.3 Å². The van der Waals surface area contributed by atoms with E-state index < -0.39 is 0 Å². The second-order valence-corrected chi connectivity index (χ2v) is 5.87. The quantitative estimate of drug-likeness (QED) is 0.838. The minimum absolute atomic E-state index is 0.108. The molecule has 0 saturated heterocycles. The zero-order valence-electron chi connectivity index (χ0n) is 12.4. The van der Waals surface area contributed by atoms with Gasteiger partial charge in [-0.15, -0.1) is 0 Å². The van der Waals surface area contributed by atoms with E-state index in [0.717, 1.165) is 10.2 Å². The smallest absolute Gasteiger partial charge is 0.238 e. The van der Waals surface area contributed by atoms with Crippen LogP contribution in [-0.2, 0) is 11.3 Å². The van der Waals surface area contributed by atoms with Crippen LogP contribution in [0.3, 0.4) is 0 Å². The van der Waals surface area contributed by atoms with Crippen molar-refractivity contribution in [2.75, 3.05) is 18.4 Å². The maximum atomic E-state index is 13.8. The third-order valence-electron chi connectivity index (χ3n) is 3.27. The number of hydrogen-bond acceptors (Lipinski definition) is 2. The maximum Gasteiger partial charge on any atom is 0.238 e. The number of carbonyl (C=O) groups is 1. The van der Waals surface area contributed by atoms with E-state index in [2.05, 4.69) is 21.2 Å². The van der Waals surface area contributed by atoms with Crippen LogP contribution in [0.15, 0.2) is 53.0 Å². The van der Waals surface area contributed by atoms with Crippen LogP contribution in [0.2, 0.25) is 0 Å². The van der Waals surface area contributed by atoms with Crippen LogP contribution < -0.4 is 5.32 Å². The average Bonchev–Trinajstić information content (AvgIpc) is 2.51. The van der Waals surface area contributed by atoms with Gasteiger partial charge in [0.05, 0.1) is 6.54 Å². The van der Waals surface area contributed by atoms with Crippen LogP contribution in [0.25, 0.3) is 0 Å². The minimum atomic E-state index is -0.259. The number of hydrogen-bond donors (Lipinski definition) is 1. The van der Waals surface area contributed by atoms with Crippen molar-refractivity contribution in [3.05, 3.63) is 64.4 Å². The highest BCUT2D eigenvalue weighted by atomic mass is 79.9. The summed E-state index contributed by atoms with van der Waals surface area (Å²) in [6.45, 7) is 3.22. The molecule has 116 valence electrons. The molecular formula is C17H18BrFN2O. The summed E-state index contributed by atoms with van der Waals surface area (Å²) in [6.07, 6.45) is 0. The Labute approximate surface area is 138 Å². The maximum absolute atomic E-state index is 13.8. The number of rotatable bonds is 6. The van der Waals surface area contributed by atoms with Crippen molar-refractivity contribution in [1.29, 1.82) is 0 Å². The third kappa shape index (κ3) is 4.93. The lowest BCUT2D eigenvalue weighted by molar-refractivity contribution is -0.117. The number of anilines is 1. The van der Waals surface area contributed by atoms with Crippen LogP contribution >= 0.6 is 15.9 Å². The van der Waals surface area contributed by atoms with Crippen molar-refractivity contribution >= 4 is 27.5 Å². The number of nitrogens with zero attached hydrogens (tertiary/aromatic N) is 1. The Bertz CT molecular complexity index is 634. The number of halogens is 2. The van der Waals surface area contributed by atoms with E-state index >= 15 is 0 Å². The van der Waals surface area contributed by atoms with Gasteiger partial charge in [0, 0.05) is 22.3 Å². The van der Waals surface area contributed by atoms with Gasteiger partial charge in [-0.05, 0) is 36.9 Å². The molecule has 0 radical (unpaired) electrons. The second kappa shape index (κ2) is 8.06. The highest BCUT2D eigenvalue weighted by Crippen LogP contribution is 2.17. The van der Waals surface area contributed by atoms with Gasteiger partial charge in [-0.3, -0.25) is 9.69 Å². The van der Waals surface area contributed by atoms with Crippen LogP contribution in [0, 0.1) is 5.82 Å². The van der Waals surface area contributed by atoms with Crippen molar-refractivity contribution < 1.29 is 9.18 Å². The van der Waals surface area contributed by atoms with E-state index in [0.29, 0.717) is 18.7 Å². The van der Waals surface area contributed by atoms with Crippen molar-refractivity contribution in [2.24, 2.45) is 0 Å². The molecule has 0 aliphatic heterocycles. The van der Waals surface area contributed by atoms with Crippen molar-refractivity contribution in [3.63, 3.8) is 0 Å². The summed E-state index contributed by atoms with van der Waals surface area (Å²) in [6, 6.07) is 14.1. The Kier molecular flexibility index (Phi) is 6.10. The number of para-hydroxylation sites is 1. The minimum Gasteiger partial charge on any atom is -0.325 e. The molecule has 1 N–H and O–H groups in total. The van der Waals surface area contributed by atoms with Crippen molar-refractivity contribution in [3.8, 4) is 0 Å². The van der Waals surface area contributed by atoms with Gasteiger partial charge < -0.3 is 5.32 Å². The predicted molar refractivity (Wildman–Crippen MR) is 90.1 cm³/mol. The van der Waals surface area contributed by atoms with Crippen LogP contribution in [0.1, 0.15) is 12.5 Å². The summed E-state index contributed by atoms with van der Waals surface area (Å²) in [5.74, 6) is -0.367. The second-order valence-electron chi connectivity index (χ2n) is 4.95. The highest BCUT2D eigenvalue weighted by Gasteiger charge is 2.12. The fourth-order valence-electron chi connectivity index (χ4n) is 2.11. The summed E-state index contributed by atoms with van der Waals surface area (Å²) < 4.78 is 14.6. The summed E-state index contributed by atoms with van der Waals surface area (Å²) in [7, 11) is 0. The van der Waals surface area contributed by atoms with Crippen molar-refractivity contribution in [1.82, 2.24) is 4.90 Å². The average molecular weight is 365 g/mol. The molecule has 0 atom stereocenters. The predicted octanol–water partition coefficient (Wildman–Crippen LogP) is 4.05.